The summed E-state index contributed by atoms with van der Waals surface area (Å²) < 4.78 is 4.60. The molecule has 0 radical (unpaired) electrons. The molecule has 16 heavy (non-hydrogen) atoms. The van der Waals surface area contributed by atoms with Crippen molar-refractivity contribution in [1.29, 1.82) is 0 Å². The Morgan fingerprint density at radius 3 is 2.50 bits per heavy atom. The maximum atomic E-state index is 11.5. The van der Waals surface area contributed by atoms with Crippen molar-refractivity contribution < 1.29 is 14.3 Å². The van der Waals surface area contributed by atoms with Gasteiger partial charge >= 0.3 is 11.9 Å². The number of nitrogens with two attached hydrogens (primary N) is 1. The summed E-state index contributed by atoms with van der Waals surface area (Å²) in [5, 5.41) is 0. The van der Waals surface area contributed by atoms with Gasteiger partial charge in [0.1, 0.15) is 6.04 Å². The van der Waals surface area contributed by atoms with Crippen molar-refractivity contribution in [2.24, 2.45) is 5.73 Å². The highest BCUT2D eigenvalue weighted by molar-refractivity contribution is 5.88. The van der Waals surface area contributed by atoms with Crippen molar-refractivity contribution in [3.63, 3.8) is 0 Å². The van der Waals surface area contributed by atoms with Crippen LogP contribution in [0.25, 0.3) is 0 Å². The van der Waals surface area contributed by atoms with Gasteiger partial charge in [-0.3, -0.25) is 4.79 Å². The Morgan fingerprint density at radius 1 is 1.31 bits per heavy atom. The minimum atomic E-state index is -0.901. The van der Waals surface area contributed by atoms with Crippen molar-refractivity contribution in [3.8, 4) is 0 Å². The molecule has 4 heteroatoms. The van der Waals surface area contributed by atoms with E-state index in [-0.39, 0.29) is 6.42 Å². The van der Waals surface area contributed by atoms with Gasteiger partial charge in [-0.05, 0) is 12.0 Å². The van der Waals surface area contributed by atoms with Crippen molar-refractivity contribution in [2.75, 3.05) is 0 Å². The standard InChI is InChI=1S/C12H15NO3/c1-2-6-10(14)16-12(15)11(13)9-7-4-3-5-8-9/h3-5,7-8,11H,2,6,13H2,1H3/t11-/m0/s1. The van der Waals surface area contributed by atoms with E-state index in [9.17, 15) is 9.59 Å². The Labute approximate surface area is 94.4 Å². The van der Waals surface area contributed by atoms with Crippen molar-refractivity contribution in [1.82, 2.24) is 0 Å². The average Bonchev–Trinajstić information content (AvgIpc) is 2.29. The zero-order chi connectivity index (χ0) is 12.0. The molecule has 0 amide bonds. The Kier molecular flexibility index (Phi) is 4.66. The third-order valence-electron chi connectivity index (χ3n) is 2.08. The van der Waals surface area contributed by atoms with Gasteiger partial charge in [-0.25, -0.2) is 4.79 Å². The van der Waals surface area contributed by atoms with Gasteiger partial charge < -0.3 is 10.5 Å². The minimum absolute atomic E-state index is 0.229. The summed E-state index contributed by atoms with van der Waals surface area (Å²) in [6.07, 6.45) is 0.875. The molecule has 0 fully saturated rings. The second-order valence-corrected chi connectivity index (χ2v) is 3.43. The molecule has 0 saturated heterocycles. The molecule has 1 atom stereocenters. The van der Waals surface area contributed by atoms with Crippen LogP contribution in [0.15, 0.2) is 30.3 Å². The molecule has 0 unspecified atom stereocenters. The summed E-state index contributed by atoms with van der Waals surface area (Å²) in [6, 6.07) is 7.91. The second kappa shape index (κ2) is 6.02. The lowest BCUT2D eigenvalue weighted by molar-refractivity contribution is -0.160. The summed E-state index contributed by atoms with van der Waals surface area (Å²) in [4.78, 5) is 22.6. The summed E-state index contributed by atoms with van der Waals surface area (Å²) in [7, 11) is 0. The molecule has 0 saturated carbocycles. The lowest BCUT2D eigenvalue weighted by Crippen LogP contribution is -2.25. The monoisotopic (exact) mass is 221 g/mol. The van der Waals surface area contributed by atoms with Gasteiger partial charge in [0, 0.05) is 6.42 Å². The molecule has 0 aliphatic rings. The predicted molar refractivity (Wildman–Crippen MR) is 59.4 cm³/mol. The van der Waals surface area contributed by atoms with E-state index >= 15 is 0 Å². The average molecular weight is 221 g/mol. The maximum Gasteiger partial charge on any atom is 0.335 e. The number of carbonyl (C=O) groups is 2. The van der Waals surface area contributed by atoms with Crippen molar-refractivity contribution in [3.05, 3.63) is 35.9 Å². The summed E-state index contributed by atoms with van der Waals surface area (Å²) in [5.41, 5.74) is 6.29. The van der Waals surface area contributed by atoms with Crippen LogP contribution in [0, 0.1) is 0 Å². The van der Waals surface area contributed by atoms with E-state index in [0.717, 1.165) is 0 Å². The molecular formula is C12H15NO3. The summed E-state index contributed by atoms with van der Waals surface area (Å²) >= 11 is 0. The summed E-state index contributed by atoms with van der Waals surface area (Å²) in [5.74, 6) is -1.23. The minimum Gasteiger partial charge on any atom is -0.392 e. The normalized spacial score (nSPS) is 11.9. The highest BCUT2D eigenvalue weighted by Gasteiger charge is 2.19. The van der Waals surface area contributed by atoms with Gasteiger partial charge in [-0.2, -0.15) is 0 Å². The van der Waals surface area contributed by atoms with Crippen LogP contribution in [-0.4, -0.2) is 11.9 Å². The Hall–Kier alpha value is -1.68. The van der Waals surface area contributed by atoms with E-state index in [1.165, 1.54) is 0 Å². The SMILES string of the molecule is CCCC(=O)OC(=O)[C@@H](N)c1ccccc1. The van der Waals surface area contributed by atoms with Gasteiger partial charge in [0.15, 0.2) is 0 Å². The van der Waals surface area contributed by atoms with Crippen LogP contribution < -0.4 is 5.73 Å². The molecule has 0 aromatic heterocycles. The molecule has 2 N–H and O–H groups in total. The Balaban J connectivity index is 2.58. The van der Waals surface area contributed by atoms with Crippen molar-refractivity contribution >= 4 is 11.9 Å². The van der Waals surface area contributed by atoms with Gasteiger partial charge in [0.25, 0.3) is 0 Å². The molecule has 0 bridgehead atoms. The summed E-state index contributed by atoms with van der Waals surface area (Å²) in [6.45, 7) is 1.84. The molecule has 1 aromatic rings. The first kappa shape index (κ1) is 12.4. The zero-order valence-electron chi connectivity index (χ0n) is 9.18. The maximum absolute atomic E-state index is 11.5. The van der Waals surface area contributed by atoms with Gasteiger partial charge in [-0.1, -0.05) is 37.3 Å². The van der Waals surface area contributed by atoms with Crippen molar-refractivity contribution in [2.45, 2.75) is 25.8 Å². The molecule has 0 aliphatic heterocycles. The largest absolute Gasteiger partial charge is 0.392 e. The van der Waals surface area contributed by atoms with Crippen LogP contribution in [0.2, 0.25) is 0 Å². The zero-order valence-corrected chi connectivity index (χ0v) is 9.18. The van der Waals surface area contributed by atoms with E-state index in [0.29, 0.717) is 12.0 Å². The number of ether oxygens (including phenoxy) is 1. The number of esters is 2. The number of hydrogen-bond acceptors (Lipinski definition) is 4. The quantitative estimate of drug-likeness (QED) is 0.618. The van der Waals surface area contributed by atoms with Crippen LogP contribution >= 0.6 is 0 Å². The van der Waals surface area contributed by atoms with Gasteiger partial charge in [0.2, 0.25) is 0 Å². The van der Waals surface area contributed by atoms with E-state index in [4.69, 9.17) is 5.73 Å². The van der Waals surface area contributed by atoms with E-state index in [1.54, 1.807) is 24.3 Å². The molecule has 0 aliphatic carbocycles. The Bertz CT molecular complexity index is 362. The number of carbonyl (C=O) groups excluding carboxylic acids is 2. The fourth-order valence-corrected chi connectivity index (χ4v) is 1.23. The lowest BCUT2D eigenvalue weighted by Gasteiger charge is -2.09. The highest BCUT2D eigenvalue weighted by atomic mass is 16.6. The number of rotatable bonds is 4. The first-order valence-electron chi connectivity index (χ1n) is 5.20. The first-order valence-corrected chi connectivity index (χ1v) is 5.20. The molecule has 1 aromatic carbocycles. The fraction of sp³-hybridized carbons (Fsp3) is 0.333. The Morgan fingerprint density at radius 2 is 1.94 bits per heavy atom. The topological polar surface area (TPSA) is 69.4 Å². The van der Waals surface area contributed by atoms with E-state index < -0.39 is 18.0 Å². The molecule has 1 rings (SSSR count). The smallest absolute Gasteiger partial charge is 0.335 e. The van der Waals surface area contributed by atoms with Crippen LogP contribution in [0.1, 0.15) is 31.4 Å². The lowest BCUT2D eigenvalue weighted by atomic mass is 10.1. The third kappa shape index (κ3) is 3.47. The van der Waals surface area contributed by atoms with Crippen LogP contribution in [0.5, 0.6) is 0 Å². The fourth-order valence-electron chi connectivity index (χ4n) is 1.23. The molecule has 0 spiro atoms. The van der Waals surface area contributed by atoms with Crippen LogP contribution in [0.4, 0.5) is 0 Å². The number of hydrogen-bond donors (Lipinski definition) is 1. The predicted octanol–water partition coefficient (Wildman–Crippen LogP) is 1.56. The molecule has 86 valence electrons. The van der Waals surface area contributed by atoms with E-state index in [1.807, 2.05) is 13.0 Å². The number of benzene rings is 1. The van der Waals surface area contributed by atoms with Gasteiger partial charge in [0.05, 0.1) is 0 Å². The molecular weight excluding hydrogens is 206 g/mol. The van der Waals surface area contributed by atoms with E-state index in [2.05, 4.69) is 4.74 Å². The molecule has 4 nitrogen and oxygen atoms in total. The second-order valence-electron chi connectivity index (χ2n) is 3.43. The highest BCUT2D eigenvalue weighted by Crippen LogP contribution is 2.11. The van der Waals surface area contributed by atoms with Gasteiger partial charge in [-0.15, -0.1) is 0 Å². The van der Waals surface area contributed by atoms with Crippen LogP contribution in [0.3, 0.4) is 0 Å². The third-order valence-corrected chi connectivity index (χ3v) is 2.08. The molecule has 0 heterocycles. The van der Waals surface area contributed by atoms with Crippen LogP contribution in [-0.2, 0) is 14.3 Å². The first-order chi connectivity index (χ1) is 7.65.